The van der Waals surface area contributed by atoms with Crippen LogP contribution in [0.3, 0.4) is 0 Å². The fourth-order valence-corrected chi connectivity index (χ4v) is 0.928. The van der Waals surface area contributed by atoms with E-state index in [0.29, 0.717) is 0 Å². The highest BCUT2D eigenvalue weighted by molar-refractivity contribution is 6.93. The molecule has 0 saturated carbocycles. The SMILES string of the molecule is COC(C)(C)C(C)(C)O[B][B]OC(C)(C)C(C)(C)O. The Bertz CT molecular complexity index is 283. The summed E-state index contributed by atoms with van der Waals surface area (Å²) >= 11 is 0. The van der Waals surface area contributed by atoms with E-state index in [-0.39, 0.29) is 0 Å². The first-order chi connectivity index (χ1) is 8.27. The molecule has 0 aliphatic rings. The summed E-state index contributed by atoms with van der Waals surface area (Å²) in [5.74, 6) is 0. The third-order valence-corrected chi connectivity index (χ3v) is 4.21. The Kier molecular flexibility index (Phi) is 6.16. The summed E-state index contributed by atoms with van der Waals surface area (Å²) < 4.78 is 16.6. The van der Waals surface area contributed by atoms with Crippen LogP contribution < -0.4 is 0 Å². The van der Waals surface area contributed by atoms with Gasteiger partial charge in [-0.25, -0.2) is 0 Å². The minimum absolute atomic E-state index is 0.427. The topological polar surface area (TPSA) is 47.9 Å². The van der Waals surface area contributed by atoms with E-state index in [1.54, 1.807) is 21.0 Å². The van der Waals surface area contributed by atoms with E-state index in [9.17, 15) is 5.11 Å². The zero-order valence-electron chi connectivity index (χ0n) is 13.8. The second-order valence-corrected chi connectivity index (χ2v) is 6.80. The van der Waals surface area contributed by atoms with E-state index < -0.39 is 22.4 Å². The van der Waals surface area contributed by atoms with Crippen molar-refractivity contribution in [2.75, 3.05) is 7.11 Å². The van der Waals surface area contributed by atoms with Gasteiger partial charge in [-0.15, -0.1) is 0 Å². The minimum Gasteiger partial charge on any atom is -0.440 e. The van der Waals surface area contributed by atoms with Gasteiger partial charge in [0.15, 0.2) is 0 Å². The van der Waals surface area contributed by atoms with Gasteiger partial charge in [-0.2, -0.15) is 0 Å². The molecule has 0 rings (SSSR count). The summed E-state index contributed by atoms with van der Waals surface area (Å²) in [5, 5.41) is 9.95. The molecule has 2 radical (unpaired) electrons. The maximum Gasteiger partial charge on any atom is 0.283 e. The average molecular weight is 270 g/mol. The first kappa shape index (κ1) is 19.0. The van der Waals surface area contributed by atoms with Crippen molar-refractivity contribution < 1.29 is 19.2 Å². The van der Waals surface area contributed by atoms with E-state index >= 15 is 0 Å². The molecular formula is C13H28B2O4. The third-order valence-electron chi connectivity index (χ3n) is 4.21. The Morgan fingerprint density at radius 1 is 0.684 bits per heavy atom. The van der Waals surface area contributed by atoms with Gasteiger partial charge in [0.1, 0.15) is 0 Å². The van der Waals surface area contributed by atoms with Crippen LogP contribution in [-0.4, -0.2) is 49.4 Å². The molecule has 0 spiro atoms. The first-order valence-corrected chi connectivity index (χ1v) is 6.55. The van der Waals surface area contributed by atoms with Crippen LogP contribution in [0.5, 0.6) is 0 Å². The lowest BCUT2D eigenvalue weighted by Gasteiger charge is -2.41. The molecule has 0 bridgehead atoms. The Labute approximate surface area is 119 Å². The van der Waals surface area contributed by atoms with Crippen molar-refractivity contribution in [1.82, 2.24) is 0 Å². The molecule has 0 amide bonds. The molecule has 0 saturated heterocycles. The summed E-state index contributed by atoms with van der Waals surface area (Å²) in [5.41, 5.74) is -2.57. The van der Waals surface area contributed by atoms with Gasteiger partial charge >= 0.3 is 0 Å². The summed E-state index contributed by atoms with van der Waals surface area (Å²) in [7, 11) is 4.61. The van der Waals surface area contributed by atoms with Crippen molar-refractivity contribution in [1.29, 1.82) is 0 Å². The average Bonchev–Trinajstić information content (AvgIpc) is 2.22. The maximum absolute atomic E-state index is 9.95. The zero-order valence-corrected chi connectivity index (χ0v) is 13.8. The predicted molar refractivity (Wildman–Crippen MR) is 79.2 cm³/mol. The van der Waals surface area contributed by atoms with Crippen LogP contribution in [0.15, 0.2) is 0 Å². The molecular weight excluding hydrogens is 242 g/mol. The molecule has 0 atom stereocenters. The lowest BCUT2D eigenvalue weighted by Crippen LogP contribution is -2.52. The number of aliphatic hydroxyl groups is 1. The molecule has 0 aliphatic carbocycles. The van der Waals surface area contributed by atoms with Gasteiger partial charge in [0.25, 0.3) is 14.7 Å². The highest BCUT2D eigenvalue weighted by Gasteiger charge is 2.39. The van der Waals surface area contributed by atoms with Crippen molar-refractivity contribution in [2.45, 2.75) is 77.8 Å². The summed E-state index contributed by atoms with van der Waals surface area (Å²) in [6.45, 7) is 14.9. The van der Waals surface area contributed by atoms with Crippen LogP contribution in [0.25, 0.3) is 0 Å². The summed E-state index contributed by atoms with van der Waals surface area (Å²) in [6, 6.07) is 0. The minimum atomic E-state index is -0.946. The van der Waals surface area contributed by atoms with E-state index in [2.05, 4.69) is 0 Å². The molecule has 0 unspecified atom stereocenters. The molecule has 0 heterocycles. The third kappa shape index (κ3) is 5.10. The molecule has 19 heavy (non-hydrogen) atoms. The molecule has 0 fully saturated rings. The van der Waals surface area contributed by atoms with Gasteiger partial charge in [-0.1, -0.05) is 0 Å². The number of rotatable bonds is 8. The van der Waals surface area contributed by atoms with E-state index in [4.69, 9.17) is 14.0 Å². The van der Waals surface area contributed by atoms with Crippen molar-refractivity contribution >= 4 is 14.7 Å². The van der Waals surface area contributed by atoms with Crippen molar-refractivity contribution in [3.05, 3.63) is 0 Å². The van der Waals surface area contributed by atoms with Crippen LogP contribution in [0.2, 0.25) is 0 Å². The highest BCUT2D eigenvalue weighted by Crippen LogP contribution is 2.28. The molecule has 0 aromatic heterocycles. The monoisotopic (exact) mass is 270 g/mol. The van der Waals surface area contributed by atoms with Crippen LogP contribution in [0.4, 0.5) is 0 Å². The van der Waals surface area contributed by atoms with Crippen molar-refractivity contribution in [3.63, 3.8) is 0 Å². The van der Waals surface area contributed by atoms with Crippen LogP contribution >= 0.6 is 0 Å². The molecule has 1 N–H and O–H groups in total. The van der Waals surface area contributed by atoms with E-state index in [1.807, 2.05) is 41.5 Å². The quantitative estimate of drug-likeness (QED) is 0.540. The Balaban J connectivity index is 4.27. The lowest BCUT2D eigenvalue weighted by molar-refractivity contribution is -0.115. The number of hydrogen-bond donors (Lipinski definition) is 1. The van der Waals surface area contributed by atoms with Crippen molar-refractivity contribution in [2.24, 2.45) is 0 Å². The van der Waals surface area contributed by atoms with Crippen LogP contribution in [0.1, 0.15) is 55.4 Å². The maximum atomic E-state index is 9.95. The Morgan fingerprint density at radius 3 is 1.37 bits per heavy atom. The van der Waals surface area contributed by atoms with Gasteiger partial charge < -0.3 is 19.2 Å². The van der Waals surface area contributed by atoms with Gasteiger partial charge in [-0.3, -0.25) is 0 Å². The molecule has 6 heteroatoms. The summed E-state index contributed by atoms with van der Waals surface area (Å²) in [4.78, 5) is 0. The number of methoxy groups -OCH3 is 1. The van der Waals surface area contributed by atoms with E-state index in [1.165, 1.54) is 14.7 Å². The van der Waals surface area contributed by atoms with E-state index in [0.717, 1.165) is 0 Å². The summed E-state index contributed by atoms with van der Waals surface area (Å²) in [6.07, 6.45) is 0. The predicted octanol–water partition coefficient (Wildman–Crippen LogP) is 1.93. The smallest absolute Gasteiger partial charge is 0.283 e. The van der Waals surface area contributed by atoms with Crippen LogP contribution in [-0.2, 0) is 14.0 Å². The molecule has 0 aliphatic heterocycles. The fourth-order valence-electron chi connectivity index (χ4n) is 0.928. The second kappa shape index (κ2) is 6.17. The van der Waals surface area contributed by atoms with Crippen molar-refractivity contribution in [3.8, 4) is 0 Å². The second-order valence-electron chi connectivity index (χ2n) is 6.80. The van der Waals surface area contributed by atoms with Gasteiger partial charge in [0.05, 0.1) is 22.4 Å². The van der Waals surface area contributed by atoms with Gasteiger partial charge in [0.2, 0.25) is 0 Å². The van der Waals surface area contributed by atoms with Crippen LogP contribution in [0, 0.1) is 0 Å². The normalized spacial score (nSPS) is 14.4. The first-order valence-electron chi connectivity index (χ1n) is 6.55. The molecule has 4 nitrogen and oxygen atoms in total. The Morgan fingerprint density at radius 2 is 1.05 bits per heavy atom. The zero-order chi connectivity index (χ0) is 15.5. The van der Waals surface area contributed by atoms with Gasteiger partial charge in [0, 0.05) is 7.11 Å². The number of hydrogen-bond acceptors (Lipinski definition) is 4. The number of ether oxygens (including phenoxy) is 1. The Hall–Kier alpha value is -0.0301. The molecule has 110 valence electrons. The largest absolute Gasteiger partial charge is 0.440 e. The standard InChI is InChI=1S/C13H28B2O4/c1-10(2,16)11(3,4)18-14-15-19-13(7,8)12(5,6)17-9/h16H,1-9H3. The molecule has 0 aromatic carbocycles. The fraction of sp³-hybridized carbons (Fsp3) is 1.00. The van der Waals surface area contributed by atoms with Gasteiger partial charge in [-0.05, 0) is 55.4 Å². The molecule has 0 aromatic rings. The highest BCUT2D eigenvalue weighted by atomic mass is 16.5. The lowest BCUT2D eigenvalue weighted by atomic mass is 9.62.